The number of carboxylic acid groups (broad SMARTS) is 1. The Hall–Kier alpha value is -3.54. The first kappa shape index (κ1) is 25.5. The Labute approximate surface area is 211 Å². The van der Waals surface area contributed by atoms with E-state index in [1.807, 2.05) is 12.1 Å². The fourth-order valence-electron chi connectivity index (χ4n) is 3.89. The van der Waals surface area contributed by atoms with Gasteiger partial charge in [0.25, 0.3) is 0 Å². The Morgan fingerprint density at radius 1 is 1.28 bits per heavy atom. The number of pyridine rings is 1. The topological polar surface area (TPSA) is 127 Å². The maximum absolute atomic E-state index is 14.3. The van der Waals surface area contributed by atoms with Crippen LogP contribution in [-0.4, -0.2) is 66.3 Å². The minimum absolute atomic E-state index is 0.0688. The number of ether oxygens (including phenoxy) is 2. The number of nitrogens with one attached hydrogen (secondary N) is 1. The summed E-state index contributed by atoms with van der Waals surface area (Å²) in [7, 11) is 1.50. The monoisotopic (exact) mass is 514 g/mol. The molecule has 0 saturated heterocycles. The van der Waals surface area contributed by atoms with Gasteiger partial charge in [-0.2, -0.15) is 0 Å². The first-order valence-electron chi connectivity index (χ1n) is 11.4. The van der Waals surface area contributed by atoms with Gasteiger partial charge in [0.1, 0.15) is 5.75 Å². The van der Waals surface area contributed by atoms with Crippen molar-refractivity contribution in [1.29, 1.82) is 0 Å². The molecule has 0 spiro atoms. The number of nitrogen functional groups attached to an aromatic ring is 1. The van der Waals surface area contributed by atoms with Crippen LogP contribution in [0.4, 0.5) is 14.9 Å². The second-order valence-electron chi connectivity index (χ2n) is 8.28. The Bertz CT molecular complexity index is 1290. The largest absolute Gasteiger partial charge is 0.465 e. The molecule has 0 radical (unpaired) electrons. The summed E-state index contributed by atoms with van der Waals surface area (Å²) < 4.78 is 25.8. The van der Waals surface area contributed by atoms with Crippen molar-refractivity contribution < 1.29 is 28.6 Å². The molecule has 0 bridgehead atoms. The number of fused-ring (bicyclic) bond motifs is 1. The van der Waals surface area contributed by atoms with E-state index in [0.717, 1.165) is 15.2 Å². The summed E-state index contributed by atoms with van der Waals surface area (Å²) in [4.78, 5) is 30.7. The zero-order valence-corrected chi connectivity index (χ0v) is 20.5. The number of carbonyl (C=O) groups is 2. The third kappa shape index (κ3) is 5.99. The Kier molecular flexibility index (Phi) is 8.14. The van der Waals surface area contributed by atoms with Crippen molar-refractivity contribution in [2.75, 3.05) is 39.1 Å². The molecular weight excluding hydrogens is 487 g/mol. The van der Waals surface area contributed by atoms with E-state index in [-0.39, 0.29) is 37.6 Å². The number of halogens is 1. The van der Waals surface area contributed by atoms with Crippen LogP contribution in [-0.2, 0) is 9.53 Å². The van der Waals surface area contributed by atoms with Gasteiger partial charge in [0, 0.05) is 62.1 Å². The molecule has 4 N–H and O–H groups in total. The normalized spacial score (nSPS) is 15.5. The van der Waals surface area contributed by atoms with Gasteiger partial charge in [0.05, 0.1) is 22.9 Å². The van der Waals surface area contributed by atoms with Crippen molar-refractivity contribution in [3.8, 4) is 11.5 Å². The second-order valence-corrected chi connectivity index (χ2v) is 9.33. The van der Waals surface area contributed by atoms with Crippen LogP contribution in [0.5, 0.6) is 11.5 Å². The lowest BCUT2D eigenvalue weighted by molar-refractivity contribution is -0.120. The number of aromatic nitrogens is 1. The molecule has 1 unspecified atom stereocenters. The second kappa shape index (κ2) is 11.5. The van der Waals surface area contributed by atoms with Gasteiger partial charge >= 0.3 is 6.09 Å². The summed E-state index contributed by atoms with van der Waals surface area (Å²) >= 11 is 1.46. The third-order valence-electron chi connectivity index (χ3n) is 5.81. The van der Waals surface area contributed by atoms with Crippen LogP contribution in [0, 0.1) is 5.82 Å². The van der Waals surface area contributed by atoms with Crippen molar-refractivity contribution in [1.82, 2.24) is 15.2 Å². The van der Waals surface area contributed by atoms with Crippen molar-refractivity contribution >= 4 is 44.7 Å². The molecule has 0 saturated carbocycles. The van der Waals surface area contributed by atoms with E-state index in [9.17, 15) is 19.1 Å². The number of benzene rings is 1. The highest BCUT2D eigenvalue weighted by Gasteiger charge is 2.23. The minimum atomic E-state index is -1.08. The van der Waals surface area contributed by atoms with Crippen LogP contribution < -0.4 is 15.8 Å². The fourth-order valence-corrected chi connectivity index (χ4v) is 5.01. The number of methoxy groups -OCH3 is 1. The number of Topliss-reactive ketones (excluding diaryl/α,β-unsaturated/α-hetero) is 1. The highest BCUT2D eigenvalue weighted by atomic mass is 32.1. The highest BCUT2D eigenvalue weighted by Crippen LogP contribution is 2.39. The lowest BCUT2D eigenvalue weighted by Crippen LogP contribution is -2.41. The molecule has 1 aliphatic heterocycles. The number of nitrogens with zero attached hydrogens (tertiary/aromatic N) is 2. The number of hydrogen-bond acceptors (Lipinski definition) is 8. The number of carbonyl (C=O) groups excluding carboxylic acids is 1. The molecule has 3 heterocycles. The molecule has 0 fully saturated rings. The van der Waals surface area contributed by atoms with Crippen LogP contribution in [0.15, 0.2) is 42.6 Å². The zero-order valence-electron chi connectivity index (χ0n) is 19.7. The standard InChI is InChI=1S/C25H27FN4O5S/c1-34-11-10-30(25(32)33)9-6-20(31)18-12-15(4-7-28-18)23-14-19-24(36-23)22(5-8-29-19)35-21-3-2-16(27)13-17(21)26/h2-3,5,8,12-14,18,28H,4,6-7,9-11,27H2,1H3,(H,32,33). The maximum atomic E-state index is 14.3. The Balaban J connectivity index is 1.51. The summed E-state index contributed by atoms with van der Waals surface area (Å²) in [5.74, 6) is -0.0907. The third-order valence-corrected chi connectivity index (χ3v) is 7.02. The summed E-state index contributed by atoms with van der Waals surface area (Å²) in [6.07, 6.45) is 3.22. The molecular formula is C25H27FN4O5S. The summed E-state index contributed by atoms with van der Waals surface area (Å²) in [6, 6.07) is 7.36. The van der Waals surface area contributed by atoms with E-state index >= 15 is 0 Å². The number of hydrogen-bond donors (Lipinski definition) is 3. The van der Waals surface area contributed by atoms with E-state index in [2.05, 4.69) is 10.3 Å². The Morgan fingerprint density at radius 3 is 2.86 bits per heavy atom. The minimum Gasteiger partial charge on any atom is -0.465 e. The van der Waals surface area contributed by atoms with E-state index < -0.39 is 18.0 Å². The predicted octanol–water partition coefficient (Wildman–Crippen LogP) is 4.14. The smallest absolute Gasteiger partial charge is 0.407 e. The predicted molar refractivity (Wildman–Crippen MR) is 136 cm³/mol. The van der Waals surface area contributed by atoms with Gasteiger partial charge in [-0.1, -0.05) is 6.08 Å². The van der Waals surface area contributed by atoms with Gasteiger partial charge in [-0.25, -0.2) is 9.18 Å². The highest BCUT2D eigenvalue weighted by molar-refractivity contribution is 7.20. The first-order valence-corrected chi connectivity index (χ1v) is 12.2. The Morgan fingerprint density at radius 2 is 2.11 bits per heavy atom. The quantitative estimate of drug-likeness (QED) is 0.345. The average molecular weight is 515 g/mol. The SMILES string of the molecule is COCCN(CCC(=O)C1C=C(c2cc3nccc(Oc4ccc(N)cc4F)c3s2)CCN1)C(=O)O. The molecule has 190 valence electrons. The van der Waals surface area contributed by atoms with Crippen molar-refractivity contribution in [3.63, 3.8) is 0 Å². The molecule has 4 rings (SSSR count). The molecule has 1 aromatic carbocycles. The molecule has 36 heavy (non-hydrogen) atoms. The molecule has 3 aromatic rings. The fraction of sp³-hybridized carbons (Fsp3) is 0.320. The van der Waals surface area contributed by atoms with E-state index in [0.29, 0.717) is 29.9 Å². The number of thiophene rings is 1. The summed E-state index contributed by atoms with van der Waals surface area (Å²) in [5.41, 5.74) is 7.64. The molecule has 1 aliphatic rings. The molecule has 1 atom stereocenters. The van der Waals surface area contributed by atoms with Crippen LogP contribution in [0.2, 0.25) is 0 Å². The summed E-state index contributed by atoms with van der Waals surface area (Å²) in [5, 5.41) is 12.5. The number of ketones is 1. The molecule has 1 amide bonds. The molecule has 2 aromatic heterocycles. The van der Waals surface area contributed by atoms with Crippen LogP contribution in [0.3, 0.4) is 0 Å². The summed E-state index contributed by atoms with van der Waals surface area (Å²) in [6.45, 7) is 1.19. The van der Waals surface area contributed by atoms with Crippen molar-refractivity contribution in [2.24, 2.45) is 0 Å². The van der Waals surface area contributed by atoms with Gasteiger partial charge in [-0.15, -0.1) is 11.3 Å². The maximum Gasteiger partial charge on any atom is 0.407 e. The van der Waals surface area contributed by atoms with Gasteiger partial charge in [0.15, 0.2) is 17.3 Å². The van der Waals surface area contributed by atoms with Crippen molar-refractivity contribution in [2.45, 2.75) is 18.9 Å². The van der Waals surface area contributed by atoms with Crippen LogP contribution in [0.25, 0.3) is 15.8 Å². The van der Waals surface area contributed by atoms with Gasteiger partial charge in [-0.05, 0) is 30.2 Å². The van der Waals surface area contributed by atoms with Gasteiger partial charge in [-0.3, -0.25) is 9.78 Å². The number of rotatable bonds is 10. The van der Waals surface area contributed by atoms with E-state index in [1.165, 1.54) is 35.5 Å². The van der Waals surface area contributed by atoms with Crippen LogP contribution >= 0.6 is 11.3 Å². The lowest BCUT2D eigenvalue weighted by Gasteiger charge is -2.23. The van der Waals surface area contributed by atoms with E-state index in [1.54, 1.807) is 18.3 Å². The van der Waals surface area contributed by atoms with E-state index in [4.69, 9.17) is 15.2 Å². The zero-order chi connectivity index (χ0) is 25.7. The number of amides is 1. The molecule has 0 aliphatic carbocycles. The van der Waals surface area contributed by atoms with Gasteiger partial charge < -0.3 is 30.5 Å². The first-order chi connectivity index (χ1) is 17.4. The number of anilines is 1. The average Bonchev–Trinajstić information content (AvgIpc) is 3.31. The molecule has 9 nitrogen and oxygen atoms in total. The van der Waals surface area contributed by atoms with Crippen LogP contribution in [0.1, 0.15) is 17.7 Å². The van der Waals surface area contributed by atoms with Gasteiger partial charge in [0.2, 0.25) is 0 Å². The molecule has 11 heteroatoms. The number of nitrogens with two attached hydrogens (primary N) is 1. The lowest BCUT2D eigenvalue weighted by atomic mass is 9.99. The van der Waals surface area contributed by atoms with Crippen molar-refractivity contribution in [3.05, 3.63) is 53.3 Å².